The number of nitrogens with zero attached hydrogens (tertiary/aromatic N) is 5. The Morgan fingerprint density at radius 2 is 1.92 bits per heavy atom. The second kappa shape index (κ2) is 6.97. The van der Waals surface area contributed by atoms with Crippen molar-refractivity contribution in [3.63, 3.8) is 0 Å². The van der Waals surface area contributed by atoms with Gasteiger partial charge in [-0.3, -0.25) is 19.6 Å². The van der Waals surface area contributed by atoms with Crippen LogP contribution >= 0.6 is 0 Å². The molecule has 2 aromatic heterocycles. The summed E-state index contributed by atoms with van der Waals surface area (Å²) in [6, 6.07) is 6.81. The molecule has 126 valence electrons. The van der Waals surface area contributed by atoms with Crippen LogP contribution in [0.5, 0.6) is 0 Å². The van der Waals surface area contributed by atoms with Crippen molar-refractivity contribution in [2.75, 3.05) is 31.1 Å². The van der Waals surface area contributed by atoms with E-state index >= 15 is 0 Å². The third kappa shape index (κ3) is 3.40. The van der Waals surface area contributed by atoms with Crippen molar-refractivity contribution in [1.29, 1.82) is 5.26 Å². The van der Waals surface area contributed by atoms with Crippen molar-refractivity contribution < 1.29 is 9.59 Å². The van der Waals surface area contributed by atoms with Crippen LogP contribution in [0.15, 0.2) is 36.8 Å². The molecule has 3 heterocycles. The molecular formula is C17H16N6O2. The lowest BCUT2D eigenvalue weighted by Gasteiger charge is -2.36. The minimum absolute atomic E-state index is 0.0681. The predicted molar refractivity (Wildman–Crippen MR) is 89.8 cm³/mol. The summed E-state index contributed by atoms with van der Waals surface area (Å²) < 4.78 is 0. The maximum atomic E-state index is 12.6. The highest BCUT2D eigenvalue weighted by molar-refractivity contribution is 5.98. The molecule has 8 heteroatoms. The highest BCUT2D eigenvalue weighted by Crippen LogP contribution is 2.20. The molecule has 2 amide bonds. The molecule has 0 atom stereocenters. The van der Waals surface area contributed by atoms with E-state index in [-0.39, 0.29) is 11.6 Å². The highest BCUT2D eigenvalue weighted by Gasteiger charge is 2.24. The van der Waals surface area contributed by atoms with E-state index in [1.54, 1.807) is 29.4 Å². The number of nitrogens with two attached hydrogens (primary N) is 1. The Bertz CT molecular complexity index is 852. The third-order valence-electron chi connectivity index (χ3n) is 4.09. The number of piperazine rings is 1. The van der Waals surface area contributed by atoms with E-state index in [1.165, 1.54) is 12.3 Å². The Hall–Kier alpha value is -3.47. The fraction of sp³-hybridized carbons (Fsp3) is 0.235. The molecule has 0 aliphatic carbocycles. The molecule has 0 spiro atoms. The van der Waals surface area contributed by atoms with Gasteiger partial charge in [0.05, 0.1) is 17.4 Å². The van der Waals surface area contributed by atoms with Crippen LogP contribution < -0.4 is 10.6 Å². The summed E-state index contributed by atoms with van der Waals surface area (Å²) in [7, 11) is 0. The quantitative estimate of drug-likeness (QED) is 0.868. The first-order valence-electron chi connectivity index (χ1n) is 7.74. The van der Waals surface area contributed by atoms with Gasteiger partial charge in [0, 0.05) is 44.1 Å². The summed E-state index contributed by atoms with van der Waals surface area (Å²) in [5, 5.41) is 9.20. The maximum absolute atomic E-state index is 12.6. The molecule has 2 aromatic rings. The summed E-state index contributed by atoms with van der Waals surface area (Å²) in [4.78, 5) is 35.5. The zero-order valence-electron chi connectivity index (χ0n) is 13.4. The van der Waals surface area contributed by atoms with E-state index in [2.05, 4.69) is 16.0 Å². The Labute approximate surface area is 144 Å². The van der Waals surface area contributed by atoms with Crippen LogP contribution in [-0.2, 0) is 0 Å². The van der Waals surface area contributed by atoms with Crippen molar-refractivity contribution in [2.45, 2.75) is 0 Å². The average Bonchev–Trinajstić information content (AvgIpc) is 2.67. The Kier molecular flexibility index (Phi) is 4.57. The van der Waals surface area contributed by atoms with Gasteiger partial charge in [-0.25, -0.2) is 0 Å². The number of carbonyl (C=O) groups excluding carboxylic acids is 2. The molecular weight excluding hydrogens is 320 g/mol. The lowest BCUT2D eigenvalue weighted by Crippen LogP contribution is -2.49. The molecule has 1 fully saturated rings. The van der Waals surface area contributed by atoms with Gasteiger partial charge in [-0.15, -0.1) is 0 Å². The lowest BCUT2D eigenvalue weighted by atomic mass is 10.1. The van der Waals surface area contributed by atoms with Crippen LogP contribution in [-0.4, -0.2) is 52.9 Å². The Morgan fingerprint density at radius 3 is 2.60 bits per heavy atom. The zero-order chi connectivity index (χ0) is 17.8. The van der Waals surface area contributed by atoms with Gasteiger partial charge in [0.25, 0.3) is 11.8 Å². The minimum atomic E-state index is -0.667. The molecule has 0 saturated carbocycles. The Morgan fingerprint density at radius 1 is 1.16 bits per heavy atom. The first-order valence-corrected chi connectivity index (χ1v) is 7.74. The zero-order valence-corrected chi connectivity index (χ0v) is 13.4. The molecule has 1 aliphatic heterocycles. The van der Waals surface area contributed by atoms with Crippen molar-refractivity contribution >= 4 is 17.5 Å². The molecule has 1 aliphatic rings. The van der Waals surface area contributed by atoms with Gasteiger partial charge in [-0.05, 0) is 18.2 Å². The van der Waals surface area contributed by atoms with Crippen molar-refractivity contribution in [3.8, 4) is 6.07 Å². The highest BCUT2D eigenvalue weighted by atomic mass is 16.2. The van der Waals surface area contributed by atoms with Gasteiger partial charge in [0.1, 0.15) is 11.8 Å². The SMILES string of the molecule is N#Cc1ccncc1N1CCN(C(=O)c2ccnc(C(N)=O)c2)CC1. The molecule has 25 heavy (non-hydrogen) atoms. The first-order chi connectivity index (χ1) is 12.1. The molecule has 0 bridgehead atoms. The largest absolute Gasteiger partial charge is 0.366 e. The van der Waals surface area contributed by atoms with Gasteiger partial charge in [0.2, 0.25) is 0 Å². The van der Waals surface area contributed by atoms with Crippen LogP contribution in [0.3, 0.4) is 0 Å². The van der Waals surface area contributed by atoms with E-state index in [9.17, 15) is 14.9 Å². The third-order valence-corrected chi connectivity index (χ3v) is 4.09. The Balaban J connectivity index is 1.70. The number of aromatic nitrogens is 2. The van der Waals surface area contributed by atoms with E-state index in [1.807, 2.05) is 4.90 Å². The number of nitriles is 1. The number of anilines is 1. The van der Waals surface area contributed by atoms with Crippen molar-refractivity contribution in [3.05, 3.63) is 53.6 Å². The number of pyridine rings is 2. The molecule has 0 radical (unpaired) electrons. The van der Waals surface area contributed by atoms with Gasteiger partial charge in [-0.2, -0.15) is 5.26 Å². The van der Waals surface area contributed by atoms with Crippen LogP contribution in [0, 0.1) is 11.3 Å². The normalized spacial score (nSPS) is 14.0. The fourth-order valence-corrected chi connectivity index (χ4v) is 2.76. The van der Waals surface area contributed by atoms with Gasteiger partial charge < -0.3 is 15.5 Å². The van der Waals surface area contributed by atoms with Crippen molar-refractivity contribution in [2.24, 2.45) is 5.73 Å². The summed E-state index contributed by atoms with van der Waals surface area (Å²) in [5.41, 5.74) is 7.00. The molecule has 8 nitrogen and oxygen atoms in total. The molecule has 1 saturated heterocycles. The summed E-state index contributed by atoms with van der Waals surface area (Å²) >= 11 is 0. The van der Waals surface area contributed by atoms with Crippen LogP contribution in [0.2, 0.25) is 0 Å². The number of primary amides is 1. The second-order valence-electron chi connectivity index (χ2n) is 5.58. The molecule has 0 aromatic carbocycles. The second-order valence-corrected chi connectivity index (χ2v) is 5.58. The smallest absolute Gasteiger partial charge is 0.267 e. The first kappa shape index (κ1) is 16.4. The lowest BCUT2D eigenvalue weighted by molar-refractivity contribution is 0.0746. The van der Waals surface area contributed by atoms with Gasteiger partial charge in [-0.1, -0.05) is 0 Å². The maximum Gasteiger partial charge on any atom is 0.267 e. The standard InChI is InChI=1S/C17H16N6O2/c18-10-13-1-3-20-11-15(13)22-5-7-23(8-6-22)17(25)12-2-4-21-14(9-12)16(19)24/h1-4,9,11H,5-8H2,(H2,19,24). The van der Waals surface area contributed by atoms with E-state index < -0.39 is 5.91 Å². The summed E-state index contributed by atoms with van der Waals surface area (Å²) in [6.07, 6.45) is 4.65. The molecule has 0 unspecified atom stereocenters. The number of amides is 2. The van der Waals surface area contributed by atoms with E-state index in [4.69, 9.17) is 5.73 Å². The predicted octanol–water partition coefficient (Wildman–Crippen LogP) is 0.410. The van der Waals surface area contributed by atoms with E-state index in [0.29, 0.717) is 37.3 Å². The number of carbonyl (C=O) groups is 2. The summed E-state index contributed by atoms with van der Waals surface area (Å²) in [5.74, 6) is -0.837. The average molecular weight is 336 g/mol. The van der Waals surface area contributed by atoms with Crippen LogP contribution in [0.25, 0.3) is 0 Å². The van der Waals surface area contributed by atoms with Crippen molar-refractivity contribution in [1.82, 2.24) is 14.9 Å². The fourth-order valence-electron chi connectivity index (χ4n) is 2.76. The van der Waals surface area contributed by atoms with Gasteiger partial charge in [0.15, 0.2) is 0 Å². The monoisotopic (exact) mass is 336 g/mol. The van der Waals surface area contributed by atoms with E-state index in [0.717, 1.165) is 5.69 Å². The number of hydrogen-bond acceptors (Lipinski definition) is 6. The minimum Gasteiger partial charge on any atom is -0.366 e. The van der Waals surface area contributed by atoms with Crippen LogP contribution in [0.1, 0.15) is 26.4 Å². The topological polar surface area (TPSA) is 116 Å². The van der Waals surface area contributed by atoms with Gasteiger partial charge >= 0.3 is 0 Å². The summed E-state index contributed by atoms with van der Waals surface area (Å²) in [6.45, 7) is 2.21. The number of rotatable bonds is 3. The van der Waals surface area contributed by atoms with Crippen LogP contribution in [0.4, 0.5) is 5.69 Å². The molecule has 2 N–H and O–H groups in total. The number of hydrogen-bond donors (Lipinski definition) is 1. The molecule has 3 rings (SSSR count).